The van der Waals surface area contributed by atoms with E-state index in [-0.39, 0.29) is 22.8 Å². The number of benzene rings is 2. The number of ether oxygens (including phenoxy) is 1. The van der Waals surface area contributed by atoms with Crippen LogP contribution in [0.1, 0.15) is 62.0 Å². The Hall–Kier alpha value is -3.23. The molecule has 0 amide bonds. The number of alkyl halides is 3. The van der Waals surface area contributed by atoms with E-state index in [0.29, 0.717) is 28.6 Å². The van der Waals surface area contributed by atoms with E-state index in [0.717, 1.165) is 24.8 Å². The molecule has 2 atom stereocenters. The molecule has 9 heteroatoms. The number of hydrogen-bond donors (Lipinski definition) is 2. The first-order valence-corrected chi connectivity index (χ1v) is 11.2. The first-order chi connectivity index (χ1) is 15.8. The van der Waals surface area contributed by atoms with Gasteiger partial charge in [0.15, 0.2) is 0 Å². The van der Waals surface area contributed by atoms with Crippen molar-refractivity contribution in [2.45, 2.75) is 59.4 Å². The minimum atomic E-state index is -4.76. The highest BCUT2D eigenvalue weighted by molar-refractivity contribution is 5.95. The van der Waals surface area contributed by atoms with E-state index >= 15 is 0 Å². The number of aromatic nitrogens is 2. The molecule has 0 saturated heterocycles. The van der Waals surface area contributed by atoms with Gasteiger partial charge in [-0.1, -0.05) is 20.8 Å². The number of carboxylic acid groups (broad SMARTS) is 1. The van der Waals surface area contributed by atoms with Crippen LogP contribution in [0.2, 0.25) is 0 Å². The van der Waals surface area contributed by atoms with Gasteiger partial charge in [-0.2, -0.15) is 0 Å². The smallest absolute Gasteiger partial charge is 0.478 e. The van der Waals surface area contributed by atoms with Gasteiger partial charge in [-0.25, -0.2) is 9.78 Å². The molecule has 0 spiro atoms. The van der Waals surface area contributed by atoms with Crippen molar-refractivity contribution in [3.05, 3.63) is 47.5 Å². The number of aromatic carboxylic acids is 1. The van der Waals surface area contributed by atoms with Gasteiger partial charge in [-0.05, 0) is 79.5 Å². The summed E-state index contributed by atoms with van der Waals surface area (Å²) in [6.07, 6.45) is -1.77. The van der Waals surface area contributed by atoms with Crippen LogP contribution >= 0.6 is 0 Å². The van der Waals surface area contributed by atoms with Gasteiger partial charge in [0.25, 0.3) is 0 Å². The average Bonchev–Trinajstić information content (AvgIpc) is 3.02. The summed E-state index contributed by atoms with van der Waals surface area (Å²) in [4.78, 5) is 16.4. The Morgan fingerprint density at radius 1 is 1.21 bits per heavy atom. The number of imidazole rings is 1. The third kappa shape index (κ3) is 5.13. The second kappa shape index (κ2) is 8.52. The summed E-state index contributed by atoms with van der Waals surface area (Å²) in [6.45, 7) is 8.48. The molecular formula is C25H28F3N3O3. The normalized spacial score (nSPS) is 20.3. The zero-order valence-electron chi connectivity index (χ0n) is 19.5. The van der Waals surface area contributed by atoms with Crippen molar-refractivity contribution in [1.82, 2.24) is 9.55 Å². The molecule has 182 valence electrons. The second-order valence-corrected chi connectivity index (χ2v) is 10.0. The third-order valence-electron chi connectivity index (χ3n) is 6.34. The van der Waals surface area contributed by atoms with Gasteiger partial charge >= 0.3 is 12.3 Å². The Balaban J connectivity index is 1.77. The van der Waals surface area contributed by atoms with Crippen molar-refractivity contribution in [2.24, 2.45) is 11.3 Å². The molecule has 1 aliphatic rings. The fraction of sp³-hybridized carbons (Fsp3) is 0.440. The largest absolute Gasteiger partial charge is 0.573 e. The van der Waals surface area contributed by atoms with E-state index in [4.69, 9.17) is 4.98 Å². The highest BCUT2D eigenvalue weighted by Gasteiger charge is 2.35. The fourth-order valence-electron chi connectivity index (χ4n) is 5.30. The lowest BCUT2D eigenvalue weighted by molar-refractivity contribution is -0.274. The predicted molar refractivity (Wildman–Crippen MR) is 124 cm³/mol. The van der Waals surface area contributed by atoms with Crippen molar-refractivity contribution in [3.63, 3.8) is 0 Å². The van der Waals surface area contributed by atoms with Crippen LogP contribution in [-0.4, -0.2) is 27.0 Å². The zero-order valence-corrected chi connectivity index (χ0v) is 19.5. The third-order valence-corrected chi connectivity index (χ3v) is 6.34. The van der Waals surface area contributed by atoms with Gasteiger partial charge in [0.2, 0.25) is 5.95 Å². The van der Waals surface area contributed by atoms with Crippen LogP contribution in [0, 0.1) is 18.3 Å². The topological polar surface area (TPSA) is 76.4 Å². The van der Waals surface area contributed by atoms with E-state index in [2.05, 4.69) is 35.4 Å². The van der Waals surface area contributed by atoms with Gasteiger partial charge in [0.05, 0.1) is 16.6 Å². The molecule has 1 aliphatic carbocycles. The lowest BCUT2D eigenvalue weighted by Crippen LogP contribution is -2.29. The summed E-state index contributed by atoms with van der Waals surface area (Å²) in [5.74, 6) is -0.305. The first kappa shape index (κ1) is 23.9. The molecule has 1 heterocycles. The maximum atomic E-state index is 12.5. The summed E-state index contributed by atoms with van der Waals surface area (Å²) in [5, 5.41) is 12.8. The molecule has 1 saturated carbocycles. The first-order valence-electron chi connectivity index (χ1n) is 11.2. The van der Waals surface area contributed by atoms with Crippen molar-refractivity contribution in [2.75, 3.05) is 5.32 Å². The lowest BCUT2D eigenvalue weighted by atomic mass is 9.70. The van der Waals surface area contributed by atoms with Crippen LogP contribution in [0.5, 0.6) is 5.75 Å². The van der Waals surface area contributed by atoms with E-state index in [1.54, 1.807) is 13.0 Å². The summed E-state index contributed by atoms with van der Waals surface area (Å²) in [6, 6.07) is 9.02. The number of fused-ring (bicyclic) bond motifs is 1. The molecule has 0 unspecified atom stereocenters. The van der Waals surface area contributed by atoms with Crippen LogP contribution in [0.3, 0.4) is 0 Å². The average molecular weight is 476 g/mol. The number of hydrogen-bond acceptors (Lipinski definition) is 4. The Morgan fingerprint density at radius 2 is 1.88 bits per heavy atom. The van der Waals surface area contributed by atoms with Crippen LogP contribution in [0.4, 0.5) is 24.8 Å². The molecule has 1 fully saturated rings. The zero-order chi connectivity index (χ0) is 24.8. The van der Waals surface area contributed by atoms with Crippen molar-refractivity contribution < 1.29 is 27.8 Å². The molecule has 2 N–H and O–H groups in total. The Labute approximate surface area is 195 Å². The molecule has 0 aliphatic heterocycles. The molecule has 4 rings (SSSR count). The number of nitrogens with one attached hydrogen (secondary N) is 1. The van der Waals surface area contributed by atoms with Crippen molar-refractivity contribution >= 4 is 28.6 Å². The monoisotopic (exact) mass is 475 g/mol. The number of nitrogens with zero attached hydrogens (tertiary/aromatic N) is 2. The molecule has 0 bridgehead atoms. The van der Waals surface area contributed by atoms with Crippen molar-refractivity contribution in [3.8, 4) is 5.75 Å². The van der Waals surface area contributed by atoms with E-state index in [1.165, 1.54) is 24.3 Å². The number of anilines is 2. The quantitative estimate of drug-likeness (QED) is 0.413. The van der Waals surface area contributed by atoms with E-state index in [9.17, 15) is 23.1 Å². The standard InChI is InChI=1S/C25H28F3N3O3/c1-14-9-17(13-24(3,4)12-14)31-21-10-15(2)19(22(32)33)11-20(21)30-23(31)29-16-5-7-18(8-6-16)34-25(26,27)28/h5-8,10-11,14,17H,9,12-13H2,1-4H3,(H,29,30)(H,32,33)/t14-,17-/m0/s1. The van der Waals surface area contributed by atoms with E-state index in [1.807, 2.05) is 6.07 Å². The van der Waals surface area contributed by atoms with Gasteiger partial charge in [0.1, 0.15) is 5.75 Å². The number of carbonyl (C=O) groups is 1. The maximum absolute atomic E-state index is 12.5. The minimum absolute atomic E-state index is 0.128. The number of aryl methyl sites for hydroxylation is 1. The molecule has 6 nitrogen and oxygen atoms in total. The Kier molecular flexibility index (Phi) is 5.99. The summed E-state index contributed by atoms with van der Waals surface area (Å²) >= 11 is 0. The number of halogens is 3. The fourth-order valence-corrected chi connectivity index (χ4v) is 5.30. The van der Waals surface area contributed by atoms with Gasteiger partial charge in [-0.15, -0.1) is 13.2 Å². The molecule has 34 heavy (non-hydrogen) atoms. The summed E-state index contributed by atoms with van der Waals surface area (Å²) in [7, 11) is 0. The van der Waals surface area contributed by atoms with Crippen LogP contribution < -0.4 is 10.1 Å². The van der Waals surface area contributed by atoms with Crippen LogP contribution in [-0.2, 0) is 0 Å². The van der Waals surface area contributed by atoms with Gasteiger partial charge in [0, 0.05) is 11.7 Å². The Bertz CT molecular complexity index is 1220. The lowest BCUT2D eigenvalue weighted by Gasteiger charge is -2.40. The number of carboxylic acids is 1. The van der Waals surface area contributed by atoms with Gasteiger partial charge in [-0.3, -0.25) is 0 Å². The van der Waals surface area contributed by atoms with Crippen molar-refractivity contribution in [1.29, 1.82) is 0 Å². The molecule has 1 aromatic heterocycles. The number of rotatable bonds is 5. The highest BCUT2D eigenvalue weighted by Crippen LogP contribution is 2.46. The van der Waals surface area contributed by atoms with Gasteiger partial charge < -0.3 is 19.7 Å². The summed E-state index contributed by atoms with van der Waals surface area (Å²) in [5.41, 5.74) is 2.89. The summed E-state index contributed by atoms with van der Waals surface area (Å²) < 4.78 is 43.5. The second-order valence-electron chi connectivity index (χ2n) is 10.0. The molecule has 0 radical (unpaired) electrons. The van der Waals surface area contributed by atoms with Crippen LogP contribution in [0.25, 0.3) is 11.0 Å². The molecule has 3 aromatic rings. The maximum Gasteiger partial charge on any atom is 0.573 e. The van der Waals surface area contributed by atoms with Crippen LogP contribution in [0.15, 0.2) is 36.4 Å². The molecule has 2 aromatic carbocycles. The Morgan fingerprint density at radius 3 is 2.47 bits per heavy atom. The minimum Gasteiger partial charge on any atom is -0.478 e. The predicted octanol–water partition coefficient (Wildman–Crippen LogP) is 7.07. The highest BCUT2D eigenvalue weighted by atomic mass is 19.4. The molecular weight excluding hydrogens is 447 g/mol. The SMILES string of the molecule is Cc1cc2c(cc1C(=O)O)nc(Nc1ccc(OC(F)(F)F)cc1)n2[C@H]1C[C@H](C)CC(C)(C)C1. The van der Waals surface area contributed by atoms with E-state index < -0.39 is 12.3 Å².